The Hall–Kier alpha value is -0.0800. The standard InChI is InChI=1S/C7H17NO/c1-3-5-6-8-9-7-4-2/h8H,3-7H2,1-2H3. The summed E-state index contributed by atoms with van der Waals surface area (Å²) in [5.74, 6) is 0. The molecular formula is C7H17NO. The zero-order valence-corrected chi connectivity index (χ0v) is 6.44. The molecule has 0 fully saturated rings. The fourth-order valence-corrected chi connectivity index (χ4v) is 0.495. The molecule has 0 aromatic rings. The molecule has 0 radical (unpaired) electrons. The van der Waals surface area contributed by atoms with Crippen LogP contribution < -0.4 is 5.48 Å². The number of nitrogens with one attached hydrogen (secondary N) is 1. The first-order chi connectivity index (χ1) is 4.41. The Morgan fingerprint density at radius 2 is 2.00 bits per heavy atom. The molecule has 2 nitrogen and oxygen atoms in total. The molecule has 56 valence electrons. The molecule has 0 unspecified atom stereocenters. The van der Waals surface area contributed by atoms with Crippen molar-refractivity contribution in [1.82, 2.24) is 5.48 Å². The molecule has 2 heteroatoms. The largest absolute Gasteiger partial charge is 0.302 e. The van der Waals surface area contributed by atoms with E-state index in [9.17, 15) is 0 Å². The van der Waals surface area contributed by atoms with Gasteiger partial charge in [0.1, 0.15) is 0 Å². The van der Waals surface area contributed by atoms with Gasteiger partial charge in [-0.15, -0.1) is 0 Å². The van der Waals surface area contributed by atoms with Gasteiger partial charge in [0.15, 0.2) is 0 Å². The SMILES string of the molecule is CCCCNOCCC. The van der Waals surface area contributed by atoms with Crippen molar-refractivity contribution in [3.8, 4) is 0 Å². The highest BCUT2D eigenvalue weighted by Gasteiger charge is 1.82. The van der Waals surface area contributed by atoms with Gasteiger partial charge in [-0.2, -0.15) is 0 Å². The molecule has 0 aliphatic heterocycles. The maximum atomic E-state index is 5.03. The highest BCUT2D eigenvalue weighted by molar-refractivity contribution is 4.33. The molecule has 0 heterocycles. The van der Waals surface area contributed by atoms with Crippen molar-refractivity contribution in [2.45, 2.75) is 33.1 Å². The van der Waals surface area contributed by atoms with E-state index >= 15 is 0 Å². The molecule has 0 aliphatic rings. The molecule has 1 N–H and O–H groups in total. The van der Waals surface area contributed by atoms with Gasteiger partial charge in [-0.3, -0.25) is 0 Å². The average Bonchev–Trinajstić information content (AvgIpc) is 1.89. The van der Waals surface area contributed by atoms with Crippen LogP contribution in [0.1, 0.15) is 33.1 Å². The lowest BCUT2D eigenvalue weighted by atomic mass is 10.3. The van der Waals surface area contributed by atoms with Crippen LogP contribution in [0.15, 0.2) is 0 Å². The third-order valence-corrected chi connectivity index (χ3v) is 1.04. The van der Waals surface area contributed by atoms with Crippen molar-refractivity contribution in [3.05, 3.63) is 0 Å². The predicted molar refractivity (Wildman–Crippen MR) is 39.2 cm³/mol. The number of hydrogen-bond donors (Lipinski definition) is 1. The van der Waals surface area contributed by atoms with Gasteiger partial charge < -0.3 is 4.84 Å². The maximum absolute atomic E-state index is 5.03. The summed E-state index contributed by atoms with van der Waals surface area (Å²) < 4.78 is 0. The van der Waals surface area contributed by atoms with Gasteiger partial charge in [0.25, 0.3) is 0 Å². The second kappa shape index (κ2) is 7.92. The lowest BCUT2D eigenvalue weighted by Gasteiger charge is -2.01. The predicted octanol–water partition coefficient (Wildman–Crippen LogP) is 1.72. The van der Waals surface area contributed by atoms with E-state index in [-0.39, 0.29) is 0 Å². The lowest BCUT2D eigenvalue weighted by Crippen LogP contribution is -2.15. The first kappa shape index (κ1) is 8.92. The molecule has 0 rings (SSSR count). The van der Waals surface area contributed by atoms with Gasteiger partial charge >= 0.3 is 0 Å². The van der Waals surface area contributed by atoms with Crippen LogP contribution in [0.25, 0.3) is 0 Å². The van der Waals surface area contributed by atoms with Crippen molar-refractivity contribution >= 4 is 0 Å². The van der Waals surface area contributed by atoms with Crippen LogP contribution in [0.2, 0.25) is 0 Å². The molecule has 0 saturated carbocycles. The molecular weight excluding hydrogens is 114 g/mol. The summed E-state index contributed by atoms with van der Waals surface area (Å²) in [6, 6.07) is 0. The third kappa shape index (κ3) is 7.92. The van der Waals surface area contributed by atoms with Gasteiger partial charge in [-0.25, -0.2) is 5.48 Å². The second-order valence-electron chi connectivity index (χ2n) is 2.10. The van der Waals surface area contributed by atoms with E-state index in [1.165, 1.54) is 12.8 Å². The van der Waals surface area contributed by atoms with Gasteiger partial charge in [0.05, 0.1) is 6.61 Å². The minimum absolute atomic E-state index is 0.823. The molecule has 0 aromatic heterocycles. The Kier molecular flexibility index (Phi) is 7.85. The summed E-state index contributed by atoms with van der Waals surface area (Å²) >= 11 is 0. The van der Waals surface area contributed by atoms with Crippen molar-refractivity contribution in [1.29, 1.82) is 0 Å². The molecule has 0 saturated heterocycles. The van der Waals surface area contributed by atoms with E-state index in [1.54, 1.807) is 0 Å². The summed E-state index contributed by atoms with van der Waals surface area (Å²) in [6.07, 6.45) is 3.51. The Labute approximate surface area is 57.5 Å². The van der Waals surface area contributed by atoms with E-state index in [1.807, 2.05) is 0 Å². The Balaban J connectivity index is 2.60. The van der Waals surface area contributed by atoms with Crippen LogP contribution in [0.5, 0.6) is 0 Å². The van der Waals surface area contributed by atoms with Crippen molar-refractivity contribution < 1.29 is 4.84 Å². The van der Waals surface area contributed by atoms with Gasteiger partial charge in [0.2, 0.25) is 0 Å². The van der Waals surface area contributed by atoms with Crippen LogP contribution in [-0.2, 0) is 4.84 Å². The molecule has 0 bridgehead atoms. The minimum Gasteiger partial charge on any atom is -0.302 e. The zero-order chi connectivity index (χ0) is 6.95. The minimum atomic E-state index is 0.823. The summed E-state index contributed by atoms with van der Waals surface area (Å²) in [7, 11) is 0. The molecule has 9 heavy (non-hydrogen) atoms. The third-order valence-electron chi connectivity index (χ3n) is 1.04. The average molecular weight is 131 g/mol. The maximum Gasteiger partial charge on any atom is 0.0679 e. The first-order valence-corrected chi connectivity index (χ1v) is 3.76. The van der Waals surface area contributed by atoms with Crippen LogP contribution in [0, 0.1) is 0 Å². The smallest absolute Gasteiger partial charge is 0.0679 e. The van der Waals surface area contributed by atoms with Crippen LogP contribution in [0.4, 0.5) is 0 Å². The summed E-state index contributed by atoms with van der Waals surface area (Å²) in [5.41, 5.74) is 2.89. The van der Waals surface area contributed by atoms with E-state index in [2.05, 4.69) is 19.3 Å². The highest BCUT2D eigenvalue weighted by Crippen LogP contribution is 1.82. The van der Waals surface area contributed by atoms with E-state index in [0.29, 0.717) is 0 Å². The second-order valence-corrected chi connectivity index (χ2v) is 2.10. The van der Waals surface area contributed by atoms with E-state index in [0.717, 1.165) is 19.6 Å². The number of rotatable bonds is 6. The quantitative estimate of drug-likeness (QED) is 0.437. The van der Waals surface area contributed by atoms with Gasteiger partial charge in [-0.05, 0) is 12.8 Å². The van der Waals surface area contributed by atoms with Crippen molar-refractivity contribution in [2.24, 2.45) is 0 Å². The lowest BCUT2D eigenvalue weighted by molar-refractivity contribution is 0.0410. The van der Waals surface area contributed by atoms with Gasteiger partial charge in [0, 0.05) is 6.54 Å². The molecule has 0 spiro atoms. The topological polar surface area (TPSA) is 21.3 Å². The van der Waals surface area contributed by atoms with Crippen LogP contribution in [0.3, 0.4) is 0 Å². The van der Waals surface area contributed by atoms with Crippen molar-refractivity contribution in [3.63, 3.8) is 0 Å². The highest BCUT2D eigenvalue weighted by atomic mass is 16.6. The fraction of sp³-hybridized carbons (Fsp3) is 1.00. The Bertz CT molecular complexity index is 42.2. The molecule has 0 aliphatic carbocycles. The fourth-order valence-electron chi connectivity index (χ4n) is 0.495. The number of hydroxylamine groups is 1. The van der Waals surface area contributed by atoms with Gasteiger partial charge in [-0.1, -0.05) is 20.3 Å². The first-order valence-electron chi connectivity index (χ1n) is 3.76. The molecule has 0 amide bonds. The number of hydrogen-bond acceptors (Lipinski definition) is 2. The summed E-state index contributed by atoms with van der Waals surface area (Å²) in [6.45, 7) is 6.07. The zero-order valence-electron chi connectivity index (χ0n) is 6.44. The van der Waals surface area contributed by atoms with E-state index in [4.69, 9.17) is 4.84 Å². The van der Waals surface area contributed by atoms with E-state index < -0.39 is 0 Å². The molecule has 0 aromatic carbocycles. The Morgan fingerprint density at radius 3 is 2.56 bits per heavy atom. The number of unbranched alkanes of at least 4 members (excludes halogenated alkanes) is 1. The van der Waals surface area contributed by atoms with Crippen molar-refractivity contribution in [2.75, 3.05) is 13.2 Å². The molecule has 0 atom stereocenters. The van der Waals surface area contributed by atoms with Crippen LogP contribution in [-0.4, -0.2) is 13.2 Å². The normalized spacial score (nSPS) is 10.0. The monoisotopic (exact) mass is 131 g/mol. The Morgan fingerprint density at radius 1 is 1.22 bits per heavy atom. The van der Waals surface area contributed by atoms with Crippen LogP contribution >= 0.6 is 0 Å². The summed E-state index contributed by atoms with van der Waals surface area (Å²) in [5, 5.41) is 0. The summed E-state index contributed by atoms with van der Waals surface area (Å²) in [4.78, 5) is 5.03.